The molecule has 4 heterocycles. The van der Waals surface area contributed by atoms with Crippen molar-refractivity contribution < 1.29 is 19.1 Å². The number of hydrogen-bond donors (Lipinski definition) is 0. The number of ether oxygens (including phenoxy) is 1. The maximum Gasteiger partial charge on any atom is 0.235 e. The Balaban J connectivity index is 1.46. The van der Waals surface area contributed by atoms with Gasteiger partial charge in [0.05, 0.1) is 30.5 Å². The average molecular weight is 457 g/mol. The summed E-state index contributed by atoms with van der Waals surface area (Å²) in [7, 11) is 0. The summed E-state index contributed by atoms with van der Waals surface area (Å²) in [5, 5.41) is 0. The minimum atomic E-state index is -0.728. The Morgan fingerprint density at radius 3 is 2.53 bits per heavy atom. The summed E-state index contributed by atoms with van der Waals surface area (Å²) < 4.78 is 5.72. The number of likely N-dealkylation sites (tertiary alicyclic amines) is 1. The highest BCUT2D eigenvalue weighted by Crippen LogP contribution is 2.50. The van der Waals surface area contributed by atoms with Gasteiger partial charge < -0.3 is 9.64 Å². The molecule has 6 heteroatoms. The van der Waals surface area contributed by atoms with Crippen molar-refractivity contribution in [3.8, 4) is 0 Å². The molecule has 2 aromatic rings. The first-order valence-corrected chi connectivity index (χ1v) is 12.1. The van der Waals surface area contributed by atoms with Gasteiger partial charge in [-0.2, -0.15) is 0 Å². The molecule has 4 aliphatic rings. The zero-order valence-electron chi connectivity index (χ0n) is 19.4. The van der Waals surface area contributed by atoms with Crippen LogP contribution in [0.25, 0.3) is 5.57 Å². The number of aryl methyl sites for hydroxylation is 1. The number of imide groups is 1. The van der Waals surface area contributed by atoms with Gasteiger partial charge in [0.25, 0.3) is 0 Å². The summed E-state index contributed by atoms with van der Waals surface area (Å²) in [6, 6.07) is 14.2. The second-order valence-corrected chi connectivity index (χ2v) is 9.92. The molecule has 0 N–H and O–H groups in total. The molecule has 6 nitrogen and oxygen atoms in total. The average Bonchev–Trinajstić information content (AvgIpc) is 3.53. The van der Waals surface area contributed by atoms with E-state index < -0.39 is 17.9 Å². The molecule has 2 amide bonds. The van der Waals surface area contributed by atoms with E-state index in [4.69, 9.17) is 4.74 Å². The first kappa shape index (κ1) is 21.3. The van der Waals surface area contributed by atoms with Crippen molar-refractivity contribution in [3.63, 3.8) is 0 Å². The highest BCUT2D eigenvalue weighted by atomic mass is 16.5. The Kier molecular flexibility index (Phi) is 4.96. The number of Topliss-reactive ketones (excluding diaryl/α,β-unsaturated/α-hetero) is 1. The Labute approximate surface area is 199 Å². The van der Waals surface area contributed by atoms with Crippen molar-refractivity contribution in [1.29, 1.82) is 0 Å². The van der Waals surface area contributed by atoms with Crippen LogP contribution < -0.4 is 4.90 Å². The second-order valence-electron chi connectivity index (χ2n) is 9.92. The van der Waals surface area contributed by atoms with Crippen molar-refractivity contribution in [2.45, 2.75) is 44.9 Å². The van der Waals surface area contributed by atoms with Gasteiger partial charge in [-0.3, -0.25) is 19.3 Å². The lowest BCUT2D eigenvalue weighted by molar-refractivity contribution is -0.142. The van der Waals surface area contributed by atoms with Gasteiger partial charge in [-0.15, -0.1) is 0 Å². The maximum absolute atomic E-state index is 13.9. The number of amides is 2. The first-order chi connectivity index (χ1) is 16.5. The molecule has 2 aromatic carbocycles. The van der Waals surface area contributed by atoms with Crippen molar-refractivity contribution in [3.05, 3.63) is 71.3 Å². The van der Waals surface area contributed by atoms with Gasteiger partial charge >= 0.3 is 0 Å². The van der Waals surface area contributed by atoms with E-state index >= 15 is 0 Å². The van der Waals surface area contributed by atoms with E-state index in [2.05, 4.69) is 12.1 Å². The number of hydrogen-bond acceptors (Lipinski definition) is 5. The third-order valence-electron chi connectivity index (χ3n) is 7.83. The third-order valence-corrected chi connectivity index (χ3v) is 7.83. The van der Waals surface area contributed by atoms with Crippen LogP contribution in [0.5, 0.6) is 0 Å². The van der Waals surface area contributed by atoms with Gasteiger partial charge in [0.1, 0.15) is 6.04 Å². The SMILES string of the molecule is CC1=C[C@@H]2[C@H]3C(=O)N(C[C@@H]4CCCO4)C(=O)[C@@H]3[C@@H](C(=O)c3ccccc3)N2c2ccc(C)cc21. The van der Waals surface area contributed by atoms with Gasteiger partial charge in [0.2, 0.25) is 11.8 Å². The van der Waals surface area contributed by atoms with Crippen molar-refractivity contribution in [2.75, 3.05) is 18.1 Å². The number of carbonyl (C=O) groups is 3. The minimum absolute atomic E-state index is 0.113. The topological polar surface area (TPSA) is 66.9 Å². The first-order valence-electron chi connectivity index (χ1n) is 12.1. The standard InChI is InChI=1S/C28H28N2O4/c1-16-10-11-21-20(13-16)17(2)14-22-23-24(25(30(21)22)26(31)18-7-4-3-5-8-18)28(33)29(27(23)32)15-19-9-6-12-34-19/h3-5,7-8,10-11,13-14,19,22-25H,6,9,12,15H2,1-2H3/t19-,22+,23+,24-,25-/m0/s1. The molecule has 0 aromatic heterocycles. The Bertz CT molecular complexity index is 1210. The van der Waals surface area contributed by atoms with Gasteiger partial charge in [0, 0.05) is 23.4 Å². The lowest BCUT2D eigenvalue weighted by Gasteiger charge is -2.38. The van der Waals surface area contributed by atoms with Crippen LogP contribution in [0, 0.1) is 18.8 Å². The Morgan fingerprint density at radius 1 is 1.03 bits per heavy atom. The fourth-order valence-corrected chi connectivity index (χ4v) is 6.26. The van der Waals surface area contributed by atoms with Crippen LogP contribution in [0.3, 0.4) is 0 Å². The molecular weight excluding hydrogens is 428 g/mol. The van der Waals surface area contributed by atoms with Crippen LogP contribution in [0.1, 0.15) is 41.3 Å². The highest BCUT2D eigenvalue weighted by Gasteiger charge is 2.64. The number of benzene rings is 2. The van der Waals surface area contributed by atoms with Gasteiger partial charge in [-0.1, -0.05) is 48.0 Å². The number of carbonyl (C=O) groups excluding carboxylic acids is 3. The molecule has 0 unspecified atom stereocenters. The van der Waals surface area contributed by atoms with E-state index in [0.29, 0.717) is 12.2 Å². The summed E-state index contributed by atoms with van der Waals surface area (Å²) in [5.41, 5.74) is 4.74. The monoisotopic (exact) mass is 456 g/mol. The van der Waals surface area contributed by atoms with Crippen LogP contribution in [0.2, 0.25) is 0 Å². The number of rotatable bonds is 4. The normalized spacial score (nSPS) is 29.7. The number of fused-ring (bicyclic) bond motifs is 5. The molecular formula is C28H28N2O4. The van der Waals surface area contributed by atoms with E-state index in [-0.39, 0.29) is 36.3 Å². The predicted octanol–water partition coefficient (Wildman–Crippen LogP) is 3.63. The zero-order chi connectivity index (χ0) is 23.6. The second kappa shape index (κ2) is 7.91. The summed E-state index contributed by atoms with van der Waals surface area (Å²) >= 11 is 0. The molecule has 0 saturated carbocycles. The summed E-state index contributed by atoms with van der Waals surface area (Å²) in [6.45, 7) is 5.03. The molecule has 4 aliphatic heterocycles. The molecule has 174 valence electrons. The van der Waals surface area contributed by atoms with E-state index in [9.17, 15) is 14.4 Å². The molecule has 5 atom stereocenters. The summed E-state index contributed by atoms with van der Waals surface area (Å²) in [4.78, 5) is 44.8. The number of allylic oxidation sites excluding steroid dienone is 1. The lowest BCUT2D eigenvalue weighted by atomic mass is 9.85. The lowest BCUT2D eigenvalue weighted by Crippen LogP contribution is -2.49. The minimum Gasteiger partial charge on any atom is -0.376 e. The van der Waals surface area contributed by atoms with Crippen molar-refractivity contribution in [2.24, 2.45) is 11.8 Å². The third kappa shape index (κ3) is 3.08. The summed E-state index contributed by atoms with van der Waals surface area (Å²) in [6.07, 6.45) is 3.76. The molecule has 3 fully saturated rings. The van der Waals surface area contributed by atoms with Crippen molar-refractivity contribution >= 4 is 28.9 Å². The van der Waals surface area contributed by atoms with Crippen LogP contribution in [0.15, 0.2) is 54.6 Å². The van der Waals surface area contributed by atoms with Gasteiger partial charge in [-0.05, 0) is 44.4 Å². The fourth-order valence-electron chi connectivity index (χ4n) is 6.26. The number of nitrogens with zero attached hydrogens (tertiary/aromatic N) is 2. The van der Waals surface area contributed by atoms with E-state index in [1.807, 2.05) is 49.1 Å². The predicted molar refractivity (Wildman–Crippen MR) is 128 cm³/mol. The van der Waals surface area contributed by atoms with Crippen molar-refractivity contribution in [1.82, 2.24) is 4.90 Å². The Hall–Kier alpha value is -3.25. The molecule has 0 aliphatic carbocycles. The highest BCUT2D eigenvalue weighted by molar-refractivity contribution is 6.14. The van der Waals surface area contributed by atoms with Crippen LogP contribution in [-0.2, 0) is 14.3 Å². The molecule has 34 heavy (non-hydrogen) atoms. The largest absolute Gasteiger partial charge is 0.376 e. The van der Waals surface area contributed by atoms with Gasteiger partial charge in [-0.25, -0.2) is 0 Å². The van der Waals surface area contributed by atoms with E-state index in [0.717, 1.165) is 35.2 Å². The molecule has 0 bridgehead atoms. The zero-order valence-corrected chi connectivity index (χ0v) is 19.4. The molecule has 3 saturated heterocycles. The molecule has 6 rings (SSSR count). The molecule has 0 spiro atoms. The van der Waals surface area contributed by atoms with Crippen LogP contribution in [-0.4, -0.2) is 53.8 Å². The number of anilines is 1. The van der Waals surface area contributed by atoms with Crippen LogP contribution >= 0.6 is 0 Å². The molecule has 0 radical (unpaired) electrons. The summed E-state index contributed by atoms with van der Waals surface area (Å²) in [5.74, 6) is -1.81. The quantitative estimate of drug-likeness (QED) is 0.519. The van der Waals surface area contributed by atoms with Gasteiger partial charge in [0.15, 0.2) is 5.78 Å². The maximum atomic E-state index is 13.9. The van der Waals surface area contributed by atoms with E-state index in [1.54, 1.807) is 12.1 Å². The smallest absolute Gasteiger partial charge is 0.235 e. The van der Waals surface area contributed by atoms with Crippen LogP contribution in [0.4, 0.5) is 5.69 Å². The van der Waals surface area contributed by atoms with E-state index in [1.165, 1.54) is 4.90 Å². The number of ketones is 1. The fraction of sp³-hybridized carbons (Fsp3) is 0.393. The Morgan fingerprint density at radius 2 is 1.79 bits per heavy atom.